The topological polar surface area (TPSA) is 103 Å². The number of imidazole rings is 1. The fraction of sp³-hybridized carbons (Fsp3) is 0.308. The number of nitrogens with two attached hydrogens (primary N) is 1. The minimum absolute atomic E-state index is 0.171. The van der Waals surface area contributed by atoms with Crippen molar-refractivity contribution in [2.24, 2.45) is 5.92 Å². The van der Waals surface area contributed by atoms with E-state index in [0.717, 1.165) is 12.1 Å². The largest absolute Gasteiger partial charge is 0.508 e. The molecule has 0 aliphatic heterocycles. The molecule has 0 spiro atoms. The van der Waals surface area contributed by atoms with Gasteiger partial charge in [-0.15, -0.1) is 0 Å². The molecule has 0 aliphatic rings. The highest BCUT2D eigenvalue weighted by molar-refractivity contribution is 5.82. The molecular weight excluding hydrogens is 258 g/mol. The zero-order valence-electron chi connectivity index (χ0n) is 11.2. The van der Waals surface area contributed by atoms with E-state index in [0.29, 0.717) is 23.0 Å². The number of rotatable bonds is 3. The monoisotopic (exact) mass is 273 g/mol. The van der Waals surface area contributed by atoms with Crippen molar-refractivity contribution in [1.82, 2.24) is 19.9 Å². The smallest absolute Gasteiger partial charge is 0.199 e. The van der Waals surface area contributed by atoms with E-state index in [1.165, 1.54) is 0 Å². The summed E-state index contributed by atoms with van der Waals surface area (Å²) in [6, 6.07) is 5.07. The fourth-order valence-corrected chi connectivity index (χ4v) is 2.20. The Morgan fingerprint density at radius 3 is 2.80 bits per heavy atom. The third-order valence-corrected chi connectivity index (χ3v) is 3.01. The molecule has 7 nitrogen and oxygen atoms in total. The molecule has 0 aliphatic carbocycles. The summed E-state index contributed by atoms with van der Waals surface area (Å²) in [5.74, 6) is 1.39. The summed E-state index contributed by atoms with van der Waals surface area (Å²) in [6.07, 6.45) is 0. The standard InChI is InChI=1S/C13H15N5O2/c1-7(2)6-18-10-4-3-8(19)5-9(10)15-13(18)11-12(14)17-20-16-11/h3-5,7,19H,6H2,1-2H3,(H2,14,17). The van der Waals surface area contributed by atoms with Crippen LogP contribution >= 0.6 is 0 Å². The maximum Gasteiger partial charge on any atom is 0.199 e. The van der Waals surface area contributed by atoms with Gasteiger partial charge in [-0.3, -0.25) is 0 Å². The summed E-state index contributed by atoms with van der Waals surface area (Å²) in [6.45, 7) is 4.98. The Morgan fingerprint density at radius 1 is 1.35 bits per heavy atom. The number of anilines is 1. The van der Waals surface area contributed by atoms with Crippen molar-refractivity contribution in [2.75, 3.05) is 5.73 Å². The molecule has 0 atom stereocenters. The predicted octanol–water partition coefficient (Wildman–Crippen LogP) is 2.03. The predicted molar refractivity (Wildman–Crippen MR) is 73.9 cm³/mol. The number of aromatic hydroxyl groups is 1. The quantitative estimate of drug-likeness (QED) is 0.756. The minimum atomic E-state index is 0.171. The molecule has 104 valence electrons. The van der Waals surface area contributed by atoms with Crippen molar-refractivity contribution in [1.29, 1.82) is 0 Å². The first-order chi connectivity index (χ1) is 9.56. The van der Waals surface area contributed by atoms with Crippen LogP contribution < -0.4 is 5.73 Å². The molecule has 0 unspecified atom stereocenters. The second-order valence-electron chi connectivity index (χ2n) is 5.11. The maximum absolute atomic E-state index is 9.58. The molecule has 0 radical (unpaired) electrons. The van der Waals surface area contributed by atoms with Crippen LogP contribution in [0, 0.1) is 5.92 Å². The molecule has 0 amide bonds. The molecular formula is C13H15N5O2. The van der Waals surface area contributed by atoms with E-state index in [2.05, 4.69) is 33.8 Å². The number of nitrogen functional groups attached to an aromatic ring is 1. The lowest BCUT2D eigenvalue weighted by Crippen LogP contribution is -2.07. The van der Waals surface area contributed by atoms with Crippen molar-refractivity contribution in [3.63, 3.8) is 0 Å². The first-order valence-corrected chi connectivity index (χ1v) is 6.34. The number of nitrogens with zero attached hydrogens (tertiary/aromatic N) is 4. The Labute approximate surface area is 115 Å². The van der Waals surface area contributed by atoms with Gasteiger partial charge >= 0.3 is 0 Å². The Morgan fingerprint density at radius 2 is 2.15 bits per heavy atom. The summed E-state index contributed by atoms with van der Waals surface area (Å²) in [4.78, 5) is 4.49. The number of hydrogen-bond donors (Lipinski definition) is 2. The zero-order valence-corrected chi connectivity index (χ0v) is 11.2. The fourth-order valence-electron chi connectivity index (χ4n) is 2.20. The lowest BCUT2D eigenvalue weighted by atomic mass is 10.2. The molecule has 0 fully saturated rings. The van der Waals surface area contributed by atoms with Gasteiger partial charge in [0.25, 0.3) is 0 Å². The molecule has 0 bridgehead atoms. The Bertz CT molecular complexity index is 759. The van der Waals surface area contributed by atoms with Crippen LogP contribution in [0.2, 0.25) is 0 Å². The highest BCUT2D eigenvalue weighted by Crippen LogP contribution is 2.29. The van der Waals surface area contributed by atoms with Gasteiger partial charge in [0.2, 0.25) is 0 Å². The zero-order chi connectivity index (χ0) is 14.3. The van der Waals surface area contributed by atoms with E-state index >= 15 is 0 Å². The molecule has 0 saturated heterocycles. The van der Waals surface area contributed by atoms with E-state index < -0.39 is 0 Å². The third kappa shape index (κ3) is 1.97. The highest BCUT2D eigenvalue weighted by atomic mass is 16.6. The minimum Gasteiger partial charge on any atom is -0.508 e. The molecule has 3 aromatic rings. The van der Waals surface area contributed by atoms with Crippen LogP contribution in [0.15, 0.2) is 22.8 Å². The summed E-state index contributed by atoms with van der Waals surface area (Å²) >= 11 is 0. The van der Waals surface area contributed by atoms with Gasteiger partial charge in [0.05, 0.1) is 11.0 Å². The number of aromatic nitrogens is 4. The van der Waals surface area contributed by atoms with Gasteiger partial charge in [0.15, 0.2) is 17.3 Å². The second kappa shape index (κ2) is 4.52. The van der Waals surface area contributed by atoms with Gasteiger partial charge in [-0.1, -0.05) is 13.8 Å². The van der Waals surface area contributed by atoms with Crippen molar-refractivity contribution in [2.45, 2.75) is 20.4 Å². The van der Waals surface area contributed by atoms with Gasteiger partial charge in [0, 0.05) is 12.6 Å². The normalized spacial score (nSPS) is 11.6. The summed E-state index contributed by atoms with van der Waals surface area (Å²) in [5, 5.41) is 17.0. The van der Waals surface area contributed by atoms with E-state index in [1.54, 1.807) is 12.1 Å². The Balaban J connectivity index is 2.27. The van der Waals surface area contributed by atoms with Crippen LogP contribution in [-0.4, -0.2) is 25.0 Å². The van der Waals surface area contributed by atoms with Crippen molar-refractivity contribution >= 4 is 16.9 Å². The Hall–Kier alpha value is -2.57. The Kier molecular flexibility index (Phi) is 2.81. The molecule has 0 saturated carbocycles. The molecule has 3 rings (SSSR count). The first kappa shape index (κ1) is 12.5. The van der Waals surface area contributed by atoms with E-state index in [9.17, 15) is 5.11 Å². The lowest BCUT2D eigenvalue weighted by Gasteiger charge is -2.10. The molecule has 7 heteroatoms. The van der Waals surface area contributed by atoms with Crippen molar-refractivity contribution in [3.8, 4) is 17.3 Å². The number of hydrogen-bond acceptors (Lipinski definition) is 6. The van der Waals surface area contributed by atoms with Crippen molar-refractivity contribution in [3.05, 3.63) is 18.2 Å². The van der Waals surface area contributed by atoms with Gasteiger partial charge in [-0.2, -0.15) is 0 Å². The third-order valence-electron chi connectivity index (χ3n) is 3.01. The molecule has 2 aromatic heterocycles. The summed E-state index contributed by atoms with van der Waals surface area (Å²) in [7, 11) is 0. The number of fused-ring (bicyclic) bond motifs is 1. The number of phenolic OH excluding ortho intramolecular Hbond substituents is 1. The maximum atomic E-state index is 9.58. The van der Waals surface area contributed by atoms with Crippen LogP contribution in [0.25, 0.3) is 22.6 Å². The average Bonchev–Trinajstić information content (AvgIpc) is 2.93. The highest BCUT2D eigenvalue weighted by Gasteiger charge is 2.19. The van der Waals surface area contributed by atoms with Gasteiger partial charge in [-0.05, 0) is 28.4 Å². The summed E-state index contributed by atoms with van der Waals surface area (Å²) < 4.78 is 6.66. The van der Waals surface area contributed by atoms with Crippen molar-refractivity contribution < 1.29 is 9.74 Å². The second-order valence-corrected chi connectivity index (χ2v) is 5.11. The van der Waals surface area contributed by atoms with E-state index in [-0.39, 0.29) is 11.6 Å². The molecule has 1 aromatic carbocycles. The van der Waals surface area contributed by atoms with Crippen LogP contribution in [0.4, 0.5) is 5.82 Å². The van der Waals surface area contributed by atoms with Crippen LogP contribution in [0.3, 0.4) is 0 Å². The first-order valence-electron chi connectivity index (χ1n) is 6.34. The number of phenols is 1. The van der Waals surface area contributed by atoms with Gasteiger partial charge in [-0.25, -0.2) is 9.61 Å². The molecule has 3 N–H and O–H groups in total. The van der Waals surface area contributed by atoms with Crippen LogP contribution in [-0.2, 0) is 6.54 Å². The van der Waals surface area contributed by atoms with E-state index in [1.807, 2.05) is 10.6 Å². The average molecular weight is 273 g/mol. The lowest BCUT2D eigenvalue weighted by molar-refractivity contribution is 0.310. The van der Waals surface area contributed by atoms with Crippen LogP contribution in [0.5, 0.6) is 5.75 Å². The SMILES string of the molecule is CC(C)Cn1c(-c2nonc2N)nc2cc(O)ccc21. The van der Waals surface area contributed by atoms with Gasteiger partial charge < -0.3 is 15.4 Å². The van der Waals surface area contributed by atoms with E-state index in [4.69, 9.17) is 5.73 Å². The van der Waals surface area contributed by atoms with Gasteiger partial charge in [0.1, 0.15) is 5.75 Å². The molecule has 2 heterocycles. The number of benzene rings is 1. The van der Waals surface area contributed by atoms with Crippen LogP contribution in [0.1, 0.15) is 13.8 Å². The molecule has 20 heavy (non-hydrogen) atoms. The summed E-state index contributed by atoms with van der Waals surface area (Å²) in [5.41, 5.74) is 7.77.